The number of rotatable bonds is 1. The maximum atomic E-state index is 13.1. The summed E-state index contributed by atoms with van der Waals surface area (Å²) in [6, 6.07) is 3.30. The molecule has 0 atom stereocenters. The van der Waals surface area contributed by atoms with Gasteiger partial charge in [-0.25, -0.2) is 13.6 Å². The van der Waals surface area contributed by atoms with E-state index in [4.69, 9.17) is 0 Å². The molecule has 0 spiro atoms. The molecule has 0 aliphatic carbocycles. The van der Waals surface area contributed by atoms with E-state index in [1.54, 1.807) is 4.57 Å². The molecule has 6 heteroatoms. The van der Waals surface area contributed by atoms with Crippen LogP contribution in [-0.4, -0.2) is 14.3 Å². The number of benzene rings is 1. The summed E-state index contributed by atoms with van der Waals surface area (Å²) >= 11 is 0. The minimum atomic E-state index is -0.984. The number of fused-ring (bicyclic) bond motifs is 1. The Kier molecular flexibility index (Phi) is 2.10. The first-order valence-electron chi connectivity index (χ1n) is 5.31. The van der Waals surface area contributed by atoms with Crippen LogP contribution in [0.4, 0.5) is 8.78 Å². The lowest BCUT2D eigenvalue weighted by atomic mass is 10.3. The third-order valence-electron chi connectivity index (χ3n) is 2.87. The molecule has 1 aliphatic heterocycles. The molecule has 3 rings (SSSR count). The van der Waals surface area contributed by atoms with Crippen LogP contribution in [0.2, 0.25) is 0 Å². The van der Waals surface area contributed by atoms with Gasteiger partial charge in [0.25, 0.3) is 0 Å². The minimum absolute atomic E-state index is 0.246. The van der Waals surface area contributed by atoms with Gasteiger partial charge in [0.2, 0.25) is 0 Å². The summed E-state index contributed by atoms with van der Waals surface area (Å²) < 4.78 is 28.5. The summed E-state index contributed by atoms with van der Waals surface area (Å²) in [4.78, 5) is 11.9. The van der Waals surface area contributed by atoms with Crippen LogP contribution in [0.15, 0.2) is 23.0 Å². The van der Waals surface area contributed by atoms with Gasteiger partial charge >= 0.3 is 5.69 Å². The molecule has 0 fully saturated rings. The normalized spacial score (nSPS) is 14.0. The van der Waals surface area contributed by atoms with Gasteiger partial charge in [-0.3, -0.25) is 4.57 Å². The van der Waals surface area contributed by atoms with Crippen LogP contribution >= 0.6 is 0 Å². The number of nitrogens with zero attached hydrogens (tertiary/aromatic N) is 3. The monoisotopic (exact) mass is 237 g/mol. The predicted molar refractivity (Wildman–Crippen MR) is 56.1 cm³/mol. The van der Waals surface area contributed by atoms with E-state index < -0.39 is 11.6 Å². The highest BCUT2D eigenvalue weighted by Crippen LogP contribution is 2.13. The molecule has 0 amide bonds. The molecule has 4 nitrogen and oxygen atoms in total. The molecule has 2 heterocycles. The quantitative estimate of drug-likeness (QED) is 0.749. The highest BCUT2D eigenvalue weighted by Gasteiger charge is 2.19. The highest BCUT2D eigenvalue weighted by atomic mass is 19.2. The molecule has 0 unspecified atom stereocenters. The first kappa shape index (κ1) is 10.2. The van der Waals surface area contributed by atoms with Crippen molar-refractivity contribution in [2.45, 2.75) is 19.4 Å². The van der Waals surface area contributed by atoms with Crippen molar-refractivity contribution in [3.05, 3.63) is 46.1 Å². The van der Waals surface area contributed by atoms with Gasteiger partial charge in [0.05, 0.1) is 5.69 Å². The Balaban J connectivity index is 2.16. The van der Waals surface area contributed by atoms with Gasteiger partial charge in [0.1, 0.15) is 5.82 Å². The van der Waals surface area contributed by atoms with Crippen molar-refractivity contribution in [3.8, 4) is 5.69 Å². The molecule has 1 aromatic heterocycles. The zero-order chi connectivity index (χ0) is 12.0. The van der Waals surface area contributed by atoms with Gasteiger partial charge in [-0.1, -0.05) is 0 Å². The first-order valence-corrected chi connectivity index (χ1v) is 5.31. The van der Waals surface area contributed by atoms with E-state index in [0.29, 0.717) is 12.4 Å². The summed E-state index contributed by atoms with van der Waals surface area (Å²) in [5.74, 6) is -1.23. The average Bonchev–Trinajstić information content (AvgIpc) is 2.86. The fraction of sp³-hybridized carbons (Fsp3) is 0.273. The van der Waals surface area contributed by atoms with Gasteiger partial charge in [0, 0.05) is 19.0 Å². The van der Waals surface area contributed by atoms with Crippen LogP contribution < -0.4 is 5.69 Å². The molecule has 17 heavy (non-hydrogen) atoms. The third kappa shape index (κ3) is 1.48. The molecule has 88 valence electrons. The van der Waals surface area contributed by atoms with E-state index in [1.807, 2.05) is 0 Å². The summed E-state index contributed by atoms with van der Waals surface area (Å²) in [6.45, 7) is 0.637. The molecule has 0 N–H and O–H groups in total. The lowest BCUT2D eigenvalue weighted by Gasteiger charge is -2.00. The summed E-state index contributed by atoms with van der Waals surface area (Å²) in [5.41, 5.74) is -0.0562. The Labute approximate surface area is 95.1 Å². The zero-order valence-corrected chi connectivity index (χ0v) is 8.86. The second kappa shape index (κ2) is 3.51. The lowest BCUT2D eigenvalue weighted by Crippen LogP contribution is -2.23. The molecule has 1 aromatic carbocycles. The molecule has 0 saturated carbocycles. The SMILES string of the molecule is O=c1n(-c2ccc(F)c(F)c2)nc2n1CCC2. The Bertz CT molecular complexity index is 645. The Morgan fingerprint density at radius 1 is 1.24 bits per heavy atom. The minimum Gasteiger partial charge on any atom is -0.279 e. The smallest absolute Gasteiger partial charge is 0.279 e. The van der Waals surface area contributed by atoms with E-state index in [0.717, 1.165) is 29.7 Å². The topological polar surface area (TPSA) is 39.8 Å². The highest BCUT2D eigenvalue weighted by molar-refractivity contribution is 5.31. The van der Waals surface area contributed by atoms with Crippen LogP contribution in [-0.2, 0) is 13.0 Å². The molecule has 2 aromatic rings. The van der Waals surface area contributed by atoms with E-state index in [2.05, 4.69) is 5.10 Å². The maximum Gasteiger partial charge on any atom is 0.350 e. The number of aryl methyl sites for hydroxylation is 1. The second-order valence-corrected chi connectivity index (χ2v) is 3.96. The van der Waals surface area contributed by atoms with E-state index >= 15 is 0 Å². The fourth-order valence-electron chi connectivity index (χ4n) is 2.03. The summed E-state index contributed by atoms with van der Waals surface area (Å²) in [6.07, 6.45) is 1.64. The standard InChI is InChI=1S/C11H9F2N3O/c12-8-4-3-7(6-9(8)13)16-11(17)15-5-1-2-10(15)14-16/h3-4,6H,1-2,5H2. The van der Waals surface area contributed by atoms with Gasteiger partial charge in [-0.05, 0) is 18.6 Å². The van der Waals surface area contributed by atoms with Crippen molar-refractivity contribution < 1.29 is 8.78 Å². The number of hydrogen-bond donors (Lipinski definition) is 0. The second-order valence-electron chi connectivity index (χ2n) is 3.96. The van der Waals surface area contributed by atoms with Gasteiger partial charge < -0.3 is 0 Å². The first-order chi connectivity index (χ1) is 8.16. The molecule has 0 bridgehead atoms. The number of aromatic nitrogens is 3. The fourth-order valence-corrected chi connectivity index (χ4v) is 2.03. The molecular formula is C11H9F2N3O. The largest absolute Gasteiger partial charge is 0.350 e. The van der Waals surface area contributed by atoms with E-state index in [-0.39, 0.29) is 11.4 Å². The number of hydrogen-bond acceptors (Lipinski definition) is 2. The summed E-state index contributed by atoms with van der Waals surface area (Å²) in [7, 11) is 0. The molecule has 1 aliphatic rings. The van der Waals surface area contributed by atoms with E-state index in [9.17, 15) is 13.6 Å². The molecule has 0 radical (unpaired) electrons. The molecule has 0 saturated heterocycles. The maximum absolute atomic E-state index is 13.1. The van der Waals surface area contributed by atoms with Gasteiger partial charge in [-0.15, -0.1) is 5.10 Å². The van der Waals surface area contributed by atoms with Crippen molar-refractivity contribution in [3.63, 3.8) is 0 Å². The predicted octanol–water partition coefficient (Wildman–Crippen LogP) is 1.26. The molecular weight excluding hydrogens is 228 g/mol. The van der Waals surface area contributed by atoms with E-state index in [1.165, 1.54) is 6.07 Å². The van der Waals surface area contributed by atoms with Crippen LogP contribution in [0.3, 0.4) is 0 Å². The Morgan fingerprint density at radius 3 is 2.76 bits per heavy atom. The van der Waals surface area contributed by atoms with Crippen LogP contribution in [0.1, 0.15) is 12.2 Å². The van der Waals surface area contributed by atoms with Gasteiger partial charge in [0.15, 0.2) is 11.6 Å². The van der Waals surface area contributed by atoms with Crippen molar-refractivity contribution in [2.24, 2.45) is 0 Å². The third-order valence-corrected chi connectivity index (χ3v) is 2.87. The van der Waals surface area contributed by atoms with Crippen LogP contribution in [0.5, 0.6) is 0 Å². The van der Waals surface area contributed by atoms with Crippen molar-refractivity contribution in [2.75, 3.05) is 0 Å². The zero-order valence-electron chi connectivity index (χ0n) is 8.86. The Hall–Kier alpha value is -1.98. The van der Waals surface area contributed by atoms with Crippen molar-refractivity contribution in [1.82, 2.24) is 14.3 Å². The summed E-state index contributed by atoms with van der Waals surface area (Å²) in [5, 5.41) is 4.11. The average molecular weight is 237 g/mol. The van der Waals surface area contributed by atoms with Gasteiger partial charge in [-0.2, -0.15) is 4.68 Å². The van der Waals surface area contributed by atoms with Crippen LogP contribution in [0.25, 0.3) is 5.69 Å². The van der Waals surface area contributed by atoms with Crippen molar-refractivity contribution in [1.29, 1.82) is 0 Å². The number of halogens is 2. The van der Waals surface area contributed by atoms with Crippen molar-refractivity contribution >= 4 is 0 Å². The van der Waals surface area contributed by atoms with Crippen LogP contribution in [0, 0.1) is 11.6 Å². The lowest BCUT2D eigenvalue weighted by molar-refractivity contribution is 0.507. The Morgan fingerprint density at radius 2 is 2.06 bits per heavy atom.